The van der Waals surface area contributed by atoms with Gasteiger partial charge in [0, 0.05) is 23.1 Å². The van der Waals surface area contributed by atoms with Crippen LogP contribution in [0.25, 0.3) is 21.5 Å². The van der Waals surface area contributed by atoms with Crippen molar-refractivity contribution in [3.05, 3.63) is 84.9 Å². The van der Waals surface area contributed by atoms with Crippen LogP contribution in [0.4, 0.5) is 28.4 Å². The molecular weight excluding hydrogens is 690 g/mol. The Labute approximate surface area is 358 Å². The molecule has 5 rings (SSSR count). The van der Waals surface area contributed by atoms with E-state index >= 15 is 0 Å². The second-order valence-electron chi connectivity index (χ2n) is 9.17. The molecule has 226 valence electrons. The van der Waals surface area contributed by atoms with Crippen molar-refractivity contribution in [3.63, 3.8) is 0 Å². The van der Waals surface area contributed by atoms with Gasteiger partial charge in [0.15, 0.2) is 5.75 Å². The van der Waals surface area contributed by atoms with E-state index in [1.54, 1.807) is 24.3 Å². The first-order valence-electron chi connectivity index (χ1n) is 12.3. The van der Waals surface area contributed by atoms with Gasteiger partial charge in [0.1, 0.15) is 5.69 Å². The van der Waals surface area contributed by atoms with Crippen LogP contribution >= 0.6 is 0 Å². The molecule has 0 bridgehead atoms. The molecule has 0 heterocycles. The number of carbonyl (C=O) groups excluding carboxylic acids is 1. The molecule has 1 amide bonds. The van der Waals surface area contributed by atoms with Gasteiger partial charge in [-0.15, -0.1) is 15.3 Å². The zero-order valence-electron chi connectivity index (χ0n) is 22.1. The predicted octanol–water partition coefficient (Wildman–Crippen LogP) is 4.39. The topological polar surface area (TPSA) is 208 Å². The zero-order valence-corrected chi connectivity index (χ0v) is 23.7. The Morgan fingerprint density at radius 2 is 1.17 bits per heavy atom. The number of hydrogen-bond donors (Lipinski definition) is 4. The summed E-state index contributed by atoms with van der Waals surface area (Å²) in [5, 5.41) is 31.9. The van der Waals surface area contributed by atoms with Gasteiger partial charge in [-0.3, -0.25) is 13.9 Å². The Morgan fingerprint density at radius 3 is 1.77 bits per heavy atom. The van der Waals surface area contributed by atoms with Crippen molar-refractivity contribution in [2.75, 3.05) is 5.32 Å². The van der Waals surface area contributed by atoms with Crippen molar-refractivity contribution in [2.45, 2.75) is 16.7 Å². The molecule has 0 aliphatic rings. The predicted molar refractivity (Wildman–Crippen MR) is 187 cm³/mol. The van der Waals surface area contributed by atoms with E-state index in [1.807, 2.05) is 0 Å². The van der Waals surface area contributed by atoms with Gasteiger partial charge in [0.2, 0.25) is 5.91 Å². The quantitative estimate of drug-likeness (QED) is 0.108. The van der Waals surface area contributed by atoms with E-state index in [0.29, 0.717) is 21.8 Å². The number of nitrogens with zero attached hydrogens (tertiary/aromatic N) is 4. The Kier molecular flexibility index (Phi) is 17.0. The Hall–Kier alpha value is -1.09. The fourth-order valence-electron chi connectivity index (χ4n) is 4.26. The molecule has 0 aliphatic heterocycles. The van der Waals surface area contributed by atoms with Gasteiger partial charge in [0.25, 0.3) is 20.2 Å². The first-order chi connectivity index (χ1) is 20.3. The van der Waals surface area contributed by atoms with Crippen LogP contribution in [0.3, 0.4) is 0 Å². The minimum atomic E-state index is -4.58. The fraction of sp³-hybridized carbons (Fsp3) is 0.0357. The minimum absolute atomic E-state index is 0. The molecule has 5 aromatic carbocycles. The maximum absolute atomic E-state index is 11.9. The molecule has 0 spiro atoms. The van der Waals surface area contributed by atoms with E-state index in [2.05, 4.69) is 25.8 Å². The van der Waals surface area contributed by atoms with Crippen LogP contribution in [0, 0.1) is 0 Å². The summed E-state index contributed by atoms with van der Waals surface area (Å²) in [6.45, 7) is 1.34. The SMILES string of the molecule is CC(=O)Nc1cccc2ccc(N=Nc3ccc(N=Nc4ccc(S(=O)(=O)O)cc4)c4ccc(S(=O)(=O)O)cc34)c(O)c12.[NaH].[NaH].[NaH].[NaH]. The van der Waals surface area contributed by atoms with Crippen molar-refractivity contribution < 1.29 is 35.8 Å². The summed E-state index contributed by atoms with van der Waals surface area (Å²) in [4.78, 5) is 10.9. The van der Waals surface area contributed by atoms with Crippen LogP contribution in [-0.4, -0.2) is 155 Å². The van der Waals surface area contributed by atoms with E-state index in [4.69, 9.17) is 4.55 Å². The molecular formula is C28H25N5Na4O8S2. The number of phenolic OH excluding ortho intramolecular Hbond substituents is 1. The number of anilines is 1. The summed E-state index contributed by atoms with van der Waals surface area (Å²) < 4.78 is 65.1. The third kappa shape index (κ3) is 10.7. The molecule has 47 heavy (non-hydrogen) atoms. The number of azo groups is 2. The molecule has 0 radical (unpaired) electrons. The van der Waals surface area contributed by atoms with Crippen LogP contribution < -0.4 is 5.32 Å². The van der Waals surface area contributed by atoms with Gasteiger partial charge >= 0.3 is 118 Å². The number of fused-ring (bicyclic) bond motifs is 2. The number of amides is 1. The molecule has 0 aromatic heterocycles. The van der Waals surface area contributed by atoms with Gasteiger partial charge < -0.3 is 10.4 Å². The molecule has 4 N–H and O–H groups in total. The Balaban J connectivity index is 0.00000276. The average molecular weight is 716 g/mol. The van der Waals surface area contributed by atoms with Crippen molar-refractivity contribution in [1.29, 1.82) is 0 Å². The molecule has 0 unspecified atom stereocenters. The molecule has 19 heteroatoms. The number of hydrogen-bond acceptors (Lipinski definition) is 10. The van der Waals surface area contributed by atoms with E-state index in [9.17, 15) is 31.3 Å². The summed E-state index contributed by atoms with van der Waals surface area (Å²) in [7, 11) is -8.95. The normalized spacial score (nSPS) is 11.4. The fourth-order valence-corrected chi connectivity index (χ4v) is 5.25. The van der Waals surface area contributed by atoms with Crippen LogP contribution in [-0.2, 0) is 25.0 Å². The summed E-state index contributed by atoms with van der Waals surface area (Å²) in [6.07, 6.45) is 0. The van der Waals surface area contributed by atoms with E-state index in [0.717, 1.165) is 12.1 Å². The second kappa shape index (κ2) is 18.2. The van der Waals surface area contributed by atoms with Gasteiger partial charge in [-0.2, -0.15) is 21.9 Å². The number of rotatable bonds is 7. The van der Waals surface area contributed by atoms with Crippen molar-refractivity contribution in [2.24, 2.45) is 20.5 Å². The van der Waals surface area contributed by atoms with Crippen LogP contribution in [0.2, 0.25) is 0 Å². The number of aromatic hydroxyl groups is 1. The van der Waals surface area contributed by atoms with Crippen molar-refractivity contribution in [1.82, 2.24) is 0 Å². The number of nitrogens with one attached hydrogen (secondary N) is 1. The van der Waals surface area contributed by atoms with Gasteiger partial charge in [-0.1, -0.05) is 24.3 Å². The third-order valence-corrected chi connectivity index (χ3v) is 7.94. The van der Waals surface area contributed by atoms with Gasteiger partial charge in [0.05, 0.1) is 32.5 Å². The van der Waals surface area contributed by atoms with Crippen molar-refractivity contribution >= 4 is 194 Å². The molecule has 0 saturated carbocycles. The first-order valence-corrected chi connectivity index (χ1v) is 15.2. The molecule has 13 nitrogen and oxygen atoms in total. The van der Waals surface area contributed by atoms with Gasteiger partial charge in [-0.05, 0) is 66.0 Å². The summed E-state index contributed by atoms with van der Waals surface area (Å²) >= 11 is 0. The third-order valence-electron chi connectivity index (χ3n) is 6.22. The number of carbonyl (C=O) groups is 1. The molecule has 0 saturated heterocycles. The van der Waals surface area contributed by atoms with E-state index < -0.39 is 25.1 Å². The number of benzene rings is 5. The summed E-state index contributed by atoms with van der Waals surface area (Å²) in [5.74, 6) is -0.564. The molecule has 0 fully saturated rings. The van der Waals surface area contributed by atoms with Crippen LogP contribution in [0.5, 0.6) is 5.75 Å². The Morgan fingerprint density at radius 1 is 0.638 bits per heavy atom. The maximum atomic E-state index is 11.9. The summed E-state index contributed by atoms with van der Waals surface area (Å²) in [5.41, 5.74) is 1.17. The average Bonchev–Trinajstić information content (AvgIpc) is 2.95. The summed E-state index contributed by atoms with van der Waals surface area (Å²) in [6, 6.07) is 20.1. The zero-order chi connectivity index (χ0) is 30.9. The Bertz CT molecular complexity index is 2220. The van der Waals surface area contributed by atoms with E-state index in [1.165, 1.54) is 55.5 Å². The van der Waals surface area contributed by atoms with E-state index in [-0.39, 0.29) is 163 Å². The molecule has 0 atom stereocenters. The van der Waals surface area contributed by atoms with Crippen molar-refractivity contribution in [3.8, 4) is 5.75 Å². The second-order valence-corrected chi connectivity index (χ2v) is 12.0. The molecule has 0 aliphatic carbocycles. The van der Waals surface area contributed by atoms with Gasteiger partial charge in [-0.25, -0.2) is 0 Å². The number of phenols is 1. The first kappa shape index (κ1) is 43.9. The standard InChI is InChI=1S/C28H21N5O8S2.4Na.4H/c1-16(34)29-25-4-2-3-17-5-12-26(28(35)27(17)25)33-32-24-14-13-23(21-11-10-20(15-22(21)24)43(39,40)41)31-30-18-6-8-19(9-7-18)42(36,37)38;;;;;;;;/h2-15,35H,1H3,(H,29,34)(H,36,37,38)(H,39,40,41);;;;;;;;. The van der Waals surface area contributed by atoms with Crippen LogP contribution in [0.15, 0.2) is 115 Å². The van der Waals surface area contributed by atoms with Crippen LogP contribution in [0.1, 0.15) is 6.92 Å². The monoisotopic (exact) mass is 715 g/mol. The molecule has 5 aromatic rings.